The largest absolute Gasteiger partial charge is 0.444 e. The molecule has 3 aromatic carbocycles. The number of ether oxygens (including phenoxy) is 2. The Morgan fingerprint density at radius 2 is 1.33 bits per heavy atom. The third-order valence-corrected chi connectivity index (χ3v) is 9.65. The Labute approximate surface area is 299 Å². The predicted molar refractivity (Wildman–Crippen MR) is 197 cm³/mol. The number of imidazole rings is 1. The third-order valence-electron chi connectivity index (χ3n) is 9.65. The van der Waals surface area contributed by atoms with Crippen molar-refractivity contribution in [2.75, 3.05) is 18.4 Å². The molecule has 4 aromatic rings. The van der Waals surface area contributed by atoms with Gasteiger partial charge in [-0.2, -0.15) is 0 Å². The molecule has 10 heteroatoms. The summed E-state index contributed by atoms with van der Waals surface area (Å²) in [5.74, 6) is 0.590. The average molecular weight is 690 g/mol. The topological polar surface area (TPSA) is 117 Å². The Morgan fingerprint density at radius 1 is 0.745 bits per heavy atom. The minimum Gasteiger partial charge on any atom is -0.444 e. The van der Waals surface area contributed by atoms with Crippen LogP contribution in [0.3, 0.4) is 0 Å². The van der Waals surface area contributed by atoms with Crippen LogP contribution < -0.4 is 5.32 Å². The van der Waals surface area contributed by atoms with Gasteiger partial charge in [-0.25, -0.2) is 14.6 Å². The molecule has 1 aliphatic carbocycles. The average Bonchev–Trinajstić information content (AvgIpc) is 3.88. The van der Waals surface area contributed by atoms with E-state index >= 15 is 0 Å². The molecule has 0 bridgehead atoms. The fourth-order valence-corrected chi connectivity index (χ4v) is 7.36. The quantitative estimate of drug-likeness (QED) is 0.191. The van der Waals surface area contributed by atoms with Crippen LogP contribution in [0.4, 0.5) is 15.3 Å². The van der Waals surface area contributed by atoms with E-state index < -0.39 is 23.3 Å². The van der Waals surface area contributed by atoms with Crippen molar-refractivity contribution in [3.63, 3.8) is 0 Å². The smallest absolute Gasteiger partial charge is 0.410 e. The van der Waals surface area contributed by atoms with Gasteiger partial charge in [-0.15, -0.1) is 0 Å². The first-order valence-electron chi connectivity index (χ1n) is 17.9. The molecule has 0 saturated carbocycles. The van der Waals surface area contributed by atoms with E-state index in [4.69, 9.17) is 9.47 Å². The molecule has 0 radical (unpaired) electrons. The maximum Gasteiger partial charge on any atom is 0.410 e. The summed E-state index contributed by atoms with van der Waals surface area (Å²) in [6.45, 7) is 12.3. The molecule has 3 amide bonds. The fraction of sp³-hybridized carbons (Fsp3) is 0.415. The number of carbonyl (C=O) groups excluding carboxylic acids is 3. The number of aromatic amines is 1. The van der Waals surface area contributed by atoms with Crippen LogP contribution in [0.2, 0.25) is 0 Å². The molecule has 266 valence electrons. The summed E-state index contributed by atoms with van der Waals surface area (Å²) in [4.78, 5) is 50.3. The van der Waals surface area contributed by atoms with E-state index in [1.807, 2.05) is 59.9 Å². The Bertz CT molecular complexity index is 1970. The summed E-state index contributed by atoms with van der Waals surface area (Å²) in [7, 11) is 0. The summed E-state index contributed by atoms with van der Waals surface area (Å²) in [5, 5.41) is 3.06. The third kappa shape index (κ3) is 7.36. The van der Waals surface area contributed by atoms with Gasteiger partial charge in [0, 0.05) is 18.8 Å². The van der Waals surface area contributed by atoms with Gasteiger partial charge in [-0.3, -0.25) is 14.6 Å². The number of aromatic nitrogens is 2. The Balaban J connectivity index is 1.01. The van der Waals surface area contributed by atoms with Crippen LogP contribution in [-0.4, -0.2) is 68.2 Å². The molecule has 2 saturated heterocycles. The number of benzene rings is 3. The van der Waals surface area contributed by atoms with Crippen molar-refractivity contribution in [2.45, 2.75) is 96.9 Å². The van der Waals surface area contributed by atoms with E-state index in [1.54, 1.807) is 9.80 Å². The second kappa shape index (κ2) is 13.2. The van der Waals surface area contributed by atoms with Gasteiger partial charge >= 0.3 is 12.2 Å². The highest BCUT2D eigenvalue weighted by atomic mass is 16.6. The van der Waals surface area contributed by atoms with Crippen molar-refractivity contribution >= 4 is 23.8 Å². The summed E-state index contributed by atoms with van der Waals surface area (Å²) in [5.41, 5.74) is 8.52. The van der Waals surface area contributed by atoms with Gasteiger partial charge in [0.15, 0.2) is 0 Å². The first-order valence-corrected chi connectivity index (χ1v) is 17.9. The molecular weight excluding hydrogens is 642 g/mol. The lowest BCUT2D eigenvalue weighted by molar-refractivity contribution is -0.120. The van der Waals surface area contributed by atoms with Crippen molar-refractivity contribution in [2.24, 2.45) is 0 Å². The molecule has 2 N–H and O–H groups in total. The molecule has 1 aromatic heterocycles. The first-order chi connectivity index (χ1) is 24.2. The number of hydrogen-bond donors (Lipinski definition) is 2. The normalized spacial score (nSPS) is 18.4. The van der Waals surface area contributed by atoms with Gasteiger partial charge in [0.2, 0.25) is 5.91 Å². The number of likely N-dealkylation sites (tertiary alicyclic amines) is 2. The number of nitrogens with one attached hydrogen (secondary N) is 2. The number of amides is 3. The number of hydrogen-bond acceptors (Lipinski definition) is 6. The molecule has 3 heterocycles. The van der Waals surface area contributed by atoms with Crippen LogP contribution in [0.1, 0.15) is 90.2 Å². The Morgan fingerprint density at radius 3 is 2.04 bits per heavy atom. The van der Waals surface area contributed by atoms with E-state index in [2.05, 4.69) is 63.8 Å². The summed E-state index contributed by atoms with van der Waals surface area (Å²) < 4.78 is 11.2. The number of carbonyl (C=O) groups is 3. The zero-order valence-electron chi connectivity index (χ0n) is 30.3. The lowest BCUT2D eigenvalue weighted by Crippen LogP contribution is -2.45. The molecule has 10 nitrogen and oxygen atoms in total. The lowest BCUT2D eigenvalue weighted by Gasteiger charge is -2.28. The standard InChI is InChI=1S/C41H47N5O5/c1-40(2,3)50-38(48)45-19-7-9-34(45)36-42-24-33(44-36)26-13-11-25(12-14-26)27-15-17-31-28(21-27)22-29-23-30(16-18-32(29)31)43-37(47)35-10-8-20-46(35)39(49)51-41(4,5)6/h11-18,21,23-24,34-35H,7-10,19-20,22H2,1-6H3,(H,42,44)(H,43,47)/t34-,35-/m0/s1. The van der Waals surface area contributed by atoms with Gasteiger partial charge in [-0.05, 0) is 125 Å². The van der Waals surface area contributed by atoms with Crippen molar-refractivity contribution in [1.29, 1.82) is 0 Å². The monoisotopic (exact) mass is 689 g/mol. The fourth-order valence-electron chi connectivity index (χ4n) is 7.36. The molecule has 2 aliphatic heterocycles. The maximum absolute atomic E-state index is 13.3. The van der Waals surface area contributed by atoms with Gasteiger partial charge in [-0.1, -0.05) is 48.5 Å². The van der Waals surface area contributed by atoms with Gasteiger partial charge in [0.1, 0.15) is 23.1 Å². The van der Waals surface area contributed by atoms with Crippen molar-refractivity contribution in [1.82, 2.24) is 19.8 Å². The Kier molecular flexibility index (Phi) is 8.89. The predicted octanol–water partition coefficient (Wildman–Crippen LogP) is 8.72. The van der Waals surface area contributed by atoms with Crippen LogP contribution >= 0.6 is 0 Å². The number of fused-ring (bicyclic) bond motifs is 3. The Hall–Kier alpha value is -5.12. The van der Waals surface area contributed by atoms with E-state index in [0.717, 1.165) is 65.1 Å². The second-order valence-corrected chi connectivity index (χ2v) is 15.8. The van der Waals surface area contributed by atoms with Crippen LogP contribution in [0, 0.1) is 0 Å². The number of rotatable bonds is 5. The van der Waals surface area contributed by atoms with Gasteiger partial charge in [0.05, 0.1) is 17.9 Å². The van der Waals surface area contributed by atoms with Crippen LogP contribution in [-0.2, 0) is 20.7 Å². The molecule has 0 unspecified atom stereocenters. The second-order valence-electron chi connectivity index (χ2n) is 15.8. The van der Waals surface area contributed by atoms with E-state index in [9.17, 15) is 14.4 Å². The summed E-state index contributed by atoms with van der Waals surface area (Å²) in [6, 6.07) is 20.4. The number of nitrogens with zero attached hydrogens (tertiary/aromatic N) is 3. The van der Waals surface area contributed by atoms with Crippen molar-refractivity contribution < 1.29 is 23.9 Å². The maximum atomic E-state index is 13.3. The molecular formula is C41H47N5O5. The molecule has 7 rings (SSSR count). The molecule has 0 spiro atoms. The van der Waals surface area contributed by atoms with Gasteiger partial charge < -0.3 is 19.8 Å². The molecule has 2 fully saturated rings. The van der Waals surface area contributed by atoms with Crippen molar-refractivity contribution in [3.8, 4) is 33.5 Å². The van der Waals surface area contributed by atoms with Gasteiger partial charge in [0.25, 0.3) is 0 Å². The highest BCUT2D eigenvalue weighted by Gasteiger charge is 2.37. The van der Waals surface area contributed by atoms with Crippen LogP contribution in [0.25, 0.3) is 33.5 Å². The summed E-state index contributed by atoms with van der Waals surface area (Å²) >= 11 is 0. The first kappa shape index (κ1) is 34.3. The van der Waals surface area contributed by atoms with E-state index in [1.165, 1.54) is 16.7 Å². The zero-order valence-corrected chi connectivity index (χ0v) is 30.3. The van der Waals surface area contributed by atoms with Crippen LogP contribution in [0.5, 0.6) is 0 Å². The minimum absolute atomic E-state index is 0.127. The summed E-state index contributed by atoms with van der Waals surface area (Å²) in [6.07, 6.45) is 5.00. The van der Waals surface area contributed by atoms with E-state index in [0.29, 0.717) is 19.5 Å². The highest BCUT2D eigenvalue weighted by molar-refractivity contribution is 5.97. The number of H-pyrrole nitrogens is 1. The lowest BCUT2D eigenvalue weighted by atomic mass is 9.98. The molecule has 3 aliphatic rings. The molecule has 51 heavy (non-hydrogen) atoms. The highest BCUT2D eigenvalue weighted by Crippen LogP contribution is 2.40. The minimum atomic E-state index is -0.617. The zero-order chi connectivity index (χ0) is 36.1. The van der Waals surface area contributed by atoms with Crippen molar-refractivity contribution in [3.05, 3.63) is 83.8 Å². The molecule has 2 atom stereocenters. The SMILES string of the molecule is CC(C)(C)OC(=O)N1CCC[C@H]1C(=O)Nc1ccc2c(c1)Cc1cc(-c3ccc(-c4cnc([C@@H]5CCCN5C(=O)OC(C)(C)C)[nH]4)cc3)ccc1-2. The van der Waals surface area contributed by atoms with E-state index in [-0.39, 0.29) is 18.0 Å². The number of anilines is 1. The van der Waals surface area contributed by atoms with Crippen LogP contribution in [0.15, 0.2) is 66.9 Å².